The third-order valence-corrected chi connectivity index (χ3v) is 3.83. The average Bonchev–Trinajstić information content (AvgIpc) is 2.46. The van der Waals surface area contributed by atoms with Gasteiger partial charge in [0, 0.05) is 16.6 Å². The average molecular weight is 346 g/mol. The number of halogens is 2. The minimum absolute atomic E-state index is 0.292. The SMILES string of the molecule is Cc1cc(COc2ccc(F)cc2Br)c2ccccc2n1. The minimum atomic E-state index is -0.292. The lowest BCUT2D eigenvalue weighted by Crippen LogP contribution is -1.99. The highest BCUT2D eigenvalue weighted by atomic mass is 79.9. The zero-order chi connectivity index (χ0) is 14.8. The molecule has 0 radical (unpaired) electrons. The summed E-state index contributed by atoms with van der Waals surface area (Å²) < 4.78 is 19.5. The Morgan fingerprint density at radius 1 is 1.14 bits per heavy atom. The van der Waals surface area contributed by atoms with Crippen molar-refractivity contribution in [3.05, 3.63) is 70.1 Å². The van der Waals surface area contributed by atoms with Crippen LogP contribution in [0.25, 0.3) is 10.9 Å². The quantitative estimate of drug-likeness (QED) is 0.664. The van der Waals surface area contributed by atoms with Crippen LogP contribution in [-0.4, -0.2) is 4.98 Å². The monoisotopic (exact) mass is 345 g/mol. The van der Waals surface area contributed by atoms with Gasteiger partial charge >= 0.3 is 0 Å². The van der Waals surface area contributed by atoms with Crippen molar-refractivity contribution in [2.45, 2.75) is 13.5 Å². The zero-order valence-corrected chi connectivity index (χ0v) is 13.0. The van der Waals surface area contributed by atoms with E-state index < -0.39 is 0 Å². The van der Waals surface area contributed by atoms with Crippen molar-refractivity contribution < 1.29 is 9.13 Å². The smallest absolute Gasteiger partial charge is 0.134 e. The molecule has 0 unspecified atom stereocenters. The highest BCUT2D eigenvalue weighted by Gasteiger charge is 2.07. The van der Waals surface area contributed by atoms with Gasteiger partial charge in [-0.15, -0.1) is 0 Å². The Morgan fingerprint density at radius 3 is 2.76 bits per heavy atom. The van der Waals surface area contributed by atoms with Crippen LogP contribution in [0.2, 0.25) is 0 Å². The van der Waals surface area contributed by atoms with Gasteiger partial charge in [-0.05, 0) is 53.2 Å². The molecular weight excluding hydrogens is 333 g/mol. The number of benzene rings is 2. The van der Waals surface area contributed by atoms with E-state index in [4.69, 9.17) is 4.74 Å². The van der Waals surface area contributed by atoms with Crippen molar-refractivity contribution in [3.63, 3.8) is 0 Å². The van der Waals surface area contributed by atoms with E-state index >= 15 is 0 Å². The van der Waals surface area contributed by atoms with Crippen LogP contribution in [0.15, 0.2) is 53.0 Å². The molecule has 0 amide bonds. The van der Waals surface area contributed by atoms with Gasteiger partial charge in [-0.3, -0.25) is 4.98 Å². The first kappa shape index (κ1) is 14.0. The lowest BCUT2D eigenvalue weighted by molar-refractivity contribution is 0.305. The number of hydrogen-bond donors (Lipinski definition) is 0. The van der Waals surface area contributed by atoms with Crippen molar-refractivity contribution in [2.75, 3.05) is 0 Å². The number of pyridine rings is 1. The normalized spacial score (nSPS) is 10.8. The van der Waals surface area contributed by atoms with Crippen molar-refractivity contribution in [3.8, 4) is 5.75 Å². The molecule has 0 fully saturated rings. The summed E-state index contributed by atoms with van der Waals surface area (Å²) in [4.78, 5) is 4.51. The second-order valence-electron chi connectivity index (χ2n) is 4.80. The van der Waals surface area contributed by atoms with Gasteiger partial charge in [0.25, 0.3) is 0 Å². The maximum atomic E-state index is 13.1. The second-order valence-corrected chi connectivity index (χ2v) is 5.66. The number of ether oxygens (including phenoxy) is 1. The van der Waals surface area contributed by atoms with Gasteiger partial charge in [0.1, 0.15) is 18.2 Å². The third-order valence-electron chi connectivity index (χ3n) is 3.21. The van der Waals surface area contributed by atoms with Crippen LogP contribution in [0.3, 0.4) is 0 Å². The fraction of sp³-hybridized carbons (Fsp3) is 0.118. The number of hydrogen-bond acceptors (Lipinski definition) is 2. The molecule has 0 aliphatic heterocycles. The van der Waals surface area contributed by atoms with Crippen LogP contribution >= 0.6 is 15.9 Å². The van der Waals surface area contributed by atoms with Crippen LogP contribution in [0, 0.1) is 12.7 Å². The molecule has 3 rings (SSSR count). The molecule has 0 saturated heterocycles. The summed E-state index contributed by atoms with van der Waals surface area (Å²) in [5.41, 5.74) is 2.97. The van der Waals surface area contributed by atoms with E-state index in [9.17, 15) is 4.39 Å². The highest BCUT2D eigenvalue weighted by Crippen LogP contribution is 2.27. The fourth-order valence-corrected chi connectivity index (χ4v) is 2.73. The molecule has 0 bridgehead atoms. The molecular formula is C17H13BrFNO. The van der Waals surface area contributed by atoms with E-state index in [1.807, 2.05) is 37.3 Å². The third kappa shape index (κ3) is 3.05. The molecule has 1 aromatic heterocycles. The van der Waals surface area contributed by atoms with E-state index in [-0.39, 0.29) is 5.82 Å². The Morgan fingerprint density at radius 2 is 1.95 bits per heavy atom. The van der Waals surface area contributed by atoms with Gasteiger partial charge in [0.05, 0.1) is 9.99 Å². The summed E-state index contributed by atoms with van der Waals surface area (Å²) in [6.45, 7) is 2.37. The first-order valence-corrected chi connectivity index (χ1v) is 7.36. The number of aromatic nitrogens is 1. The molecule has 0 atom stereocenters. The van der Waals surface area contributed by atoms with Crippen molar-refractivity contribution in [2.24, 2.45) is 0 Å². The molecule has 2 nitrogen and oxygen atoms in total. The predicted molar refractivity (Wildman–Crippen MR) is 84.9 cm³/mol. The summed E-state index contributed by atoms with van der Waals surface area (Å²) in [5.74, 6) is 0.328. The van der Waals surface area contributed by atoms with E-state index in [0.717, 1.165) is 22.2 Å². The number of aryl methyl sites for hydroxylation is 1. The maximum Gasteiger partial charge on any atom is 0.134 e. The Kier molecular flexibility index (Phi) is 3.88. The van der Waals surface area contributed by atoms with E-state index in [1.54, 1.807) is 6.07 Å². The summed E-state index contributed by atoms with van der Waals surface area (Å²) >= 11 is 3.31. The van der Waals surface area contributed by atoms with Crippen molar-refractivity contribution >= 4 is 26.8 Å². The minimum Gasteiger partial charge on any atom is -0.488 e. The van der Waals surface area contributed by atoms with Gasteiger partial charge in [-0.25, -0.2) is 4.39 Å². The number of nitrogens with zero attached hydrogens (tertiary/aromatic N) is 1. The largest absolute Gasteiger partial charge is 0.488 e. The Balaban J connectivity index is 1.91. The zero-order valence-electron chi connectivity index (χ0n) is 11.4. The van der Waals surface area contributed by atoms with Crippen LogP contribution in [0.4, 0.5) is 4.39 Å². The van der Waals surface area contributed by atoms with Crippen LogP contribution < -0.4 is 4.74 Å². The second kappa shape index (κ2) is 5.82. The van der Waals surface area contributed by atoms with Crippen LogP contribution in [0.1, 0.15) is 11.3 Å². The molecule has 0 aliphatic carbocycles. The van der Waals surface area contributed by atoms with Gasteiger partial charge in [0.15, 0.2) is 0 Å². The number of rotatable bonds is 3. The molecule has 0 N–H and O–H groups in total. The molecule has 0 spiro atoms. The fourth-order valence-electron chi connectivity index (χ4n) is 2.26. The van der Waals surface area contributed by atoms with Crippen LogP contribution in [0.5, 0.6) is 5.75 Å². The van der Waals surface area contributed by atoms with Gasteiger partial charge in [-0.2, -0.15) is 0 Å². The van der Waals surface area contributed by atoms with E-state index in [1.165, 1.54) is 12.1 Å². The molecule has 0 aliphatic rings. The molecule has 4 heteroatoms. The Bertz CT molecular complexity index is 804. The van der Waals surface area contributed by atoms with Crippen LogP contribution in [-0.2, 0) is 6.61 Å². The molecule has 2 aromatic carbocycles. The lowest BCUT2D eigenvalue weighted by atomic mass is 10.1. The molecule has 0 saturated carbocycles. The highest BCUT2D eigenvalue weighted by molar-refractivity contribution is 9.10. The summed E-state index contributed by atoms with van der Waals surface area (Å²) in [6.07, 6.45) is 0. The molecule has 106 valence electrons. The van der Waals surface area contributed by atoms with E-state index in [0.29, 0.717) is 16.8 Å². The first-order chi connectivity index (χ1) is 10.1. The summed E-state index contributed by atoms with van der Waals surface area (Å²) in [6, 6.07) is 14.4. The Hall–Kier alpha value is -1.94. The number of fused-ring (bicyclic) bond motifs is 1. The molecule has 21 heavy (non-hydrogen) atoms. The van der Waals surface area contributed by atoms with Gasteiger partial charge in [-0.1, -0.05) is 18.2 Å². The van der Waals surface area contributed by atoms with Gasteiger partial charge < -0.3 is 4.74 Å². The summed E-state index contributed by atoms with van der Waals surface area (Å²) in [7, 11) is 0. The molecule has 1 heterocycles. The van der Waals surface area contributed by atoms with Crippen molar-refractivity contribution in [1.82, 2.24) is 4.98 Å². The number of para-hydroxylation sites is 1. The maximum absolute atomic E-state index is 13.1. The summed E-state index contributed by atoms with van der Waals surface area (Å²) in [5, 5.41) is 1.07. The van der Waals surface area contributed by atoms with Gasteiger partial charge in [0.2, 0.25) is 0 Å². The first-order valence-electron chi connectivity index (χ1n) is 6.56. The van der Waals surface area contributed by atoms with E-state index in [2.05, 4.69) is 20.9 Å². The lowest BCUT2D eigenvalue weighted by Gasteiger charge is -2.11. The standard InChI is InChI=1S/C17H13BrFNO/c1-11-8-12(14-4-2-3-5-16(14)20-11)10-21-17-7-6-13(19)9-15(17)18/h2-9H,10H2,1H3. The topological polar surface area (TPSA) is 22.1 Å². The Labute approximate surface area is 130 Å². The molecule has 3 aromatic rings. The van der Waals surface area contributed by atoms with Crippen molar-refractivity contribution in [1.29, 1.82) is 0 Å². The predicted octanol–water partition coefficient (Wildman–Crippen LogP) is 5.02.